The highest BCUT2D eigenvalue weighted by Crippen LogP contribution is 2.29. The topological polar surface area (TPSA) is 76.4 Å². The molecular weight excluding hydrogens is 260 g/mol. The number of carbonyl (C=O) groups is 1. The van der Waals surface area contributed by atoms with Crippen LogP contribution in [0.5, 0.6) is 0 Å². The SMILES string of the molecule is CN1CCOC2(CCN(C(=O)Cn3ncnn3)CC2)C1. The molecule has 0 aromatic carbocycles. The summed E-state index contributed by atoms with van der Waals surface area (Å²) in [5.74, 6) is 0.0435. The normalized spacial score (nSPS) is 23.1. The third kappa shape index (κ3) is 2.80. The van der Waals surface area contributed by atoms with E-state index in [1.807, 2.05) is 4.90 Å². The number of aromatic nitrogens is 4. The summed E-state index contributed by atoms with van der Waals surface area (Å²) >= 11 is 0. The summed E-state index contributed by atoms with van der Waals surface area (Å²) in [6.45, 7) is 4.37. The minimum atomic E-state index is -0.0602. The van der Waals surface area contributed by atoms with Gasteiger partial charge in [0, 0.05) is 26.2 Å². The van der Waals surface area contributed by atoms with Gasteiger partial charge in [0.25, 0.3) is 0 Å². The largest absolute Gasteiger partial charge is 0.372 e. The second-order valence-corrected chi connectivity index (χ2v) is 5.62. The molecule has 0 bridgehead atoms. The van der Waals surface area contributed by atoms with E-state index in [4.69, 9.17) is 4.74 Å². The quantitative estimate of drug-likeness (QED) is 0.691. The molecule has 1 aromatic rings. The number of likely N-dealkylation sites (tertiary alicyclic amines) is 1. The first kappa shape index (κ1) is 13.4. The maximum absolute atomic E-state index is 12.1. The van der Waals surface area contributed by atoms with Crippen LogP contribution in [0.25, 0.3) is 0 Å². The van der Waals surface area contributed by atoms with Crippen molar-refractivity contribution in [3.8, 4) is 0 Å². The van der Waals surface area contributed by atoms with E-state index < -0.39 is 0 Å². The second kappa shape index (κ2) is 5.45. The second-order valence-electron chi connectivity index (χ2n) is 5.62. The standard InChI is InChI=1S/C12H20N6O2/c1-16-6-7-20-12(9-16)2-4-17(5-3-12)11(19)8-18-14-10-13-15-18/h10H,2-9H2,1H3. The lowest BCUT2D eigenvalue weighted by molar-refractivity contribution is -0.149. The molecule has 1 spiro atoms. The number of tetrazole rings is 1. The molecule has 110 valence electrons. The Morgan fingerprint density at radius 3 is 2.80 bits per heavy atom. The number of morpholine rings is 1. The summed E-state index contributed by atoms with van der Waals surface area (Å²) in [6, 6.07) is 0. The Morgan fingerprint density at radius 1 is 1.35 bits per heavy atom. The van der Waals surface area contributed by atoms with Gasteiger partial charge in [0.05, 0.1) is 12.2 Å². The van der Waals surface area contributed by atoms with Crippen LogP contribution in [0.15, 0.2) is 6.33 Å². The number of amides is 1. The van der Waals surface area contributed by atoms with Gasteiger partial charge in [0.2, 0.25) is 5.91 Å². The number of hydrogen-bond donors (Lipinski definition) is 0. The maximum Gasteiger partial charge on any atom is 0.246 e. The van der Waals surface area contributed by atoms with Crippen molar-refractivity contribution in [2.24, 2.45) is 0 Å². The lowest BCUT2D eigenvalue weighted by Crippen LogP contribution is -2.56. The molecule has 2 aliphatic heterocycles. The van der Waals surface area contributed by atoms with Crippen LogP contribution in [0, 0.1) is 0 Å². The van der Waals surface area contributed by atoms with Crippen LogP contribution in [0.2, 0.25) is 0 Å². The fourth-order valence-electron chi connectivity index (χ4n) is 2.98. The molecule has 0 saturated carbocycles. The molecule has 0 radical (unpaired) electrons. The predicted molar refractivity (Wildman–Crippen MR) is 69.8 cm³/mol. The van der Waals surface area contributed by atoms with Gasteiger partial charge in [0.15, 0.2) is 6.33 Å². The molecule has 0 atom stereocenters. The minimum absolute atomic E-state index is 0.0435. The van der Waals surface area contributed by atoms with Crippen molar-refractivity contribution >= 4 is 5.91 Å². The summed E-state index contributed by atoms with van der Waals surface area (Å²) in [7, 11) is 2.12. The molecule has 8 nitrogen and oxygen atoms in total. The number of hydrogen-bond acceptors (Lipinski definition) is 6. The first-order valence-electron chi connectivity index (χ1n) is 6.98. The van der Waals surface area contributed by atoms with Gasteiger partial charge in [-0.25, -0.2) is 0 Å². The molecule has 8 heteroatoms. The van der Waals surface area contributed by atoms with E-state index in [1.54, 1.807) is 0 Å². The van der Waals surface area contributed by atoms with E-state index in [2.05, 4.69) is 27.4 Å². The first-order valence-corrected chi connectivity index (χ1v) is 6.98. The van der Waals surface area contributed by atoms with E-state index in [-0.39, 0.29) is 18.1 Å². The summed E-state index contributed by atoms with van der Waals surface area (Å²) in [4.78, 5) is 17.6. The summed E-state index contributed by atoms with van der Waals surface area (Å²) < 4.78 is 5.99. The number of nitrogens with zero attached hydrogens (tertiary/aromatic N) is 6. The number of piperidine rings is 1. The van der Waals surface area contributed by atoms with Crippen LogP contribution in [0.4, 0.5) is 0 Å². The number of likely N-dealkylation sites (N-methyl/N-ethyl adjacent to an activating group) is 1. The molecule has 0 N–H and O–H groups in total. The molecule has 20 heavy (non-hydrogen) atoms. The zero-order valence-corrected chi connectivity index (χ0v) is 11.7. The monoisotopic (exact) mass is 280 g/mol. The van der Waals surface area contributed by atoms with E-state index in [9.17, 15) is 4.79 Å². The van der Waals surface area contributed by atoms with Gasteiger partial charge < -0.3 is 14.5 Å². The van der Waals surface area contributed by atoms with Crippen LogP contribution in [0.1, 0.15) is 12.8 Å². The predicted octanol–water partition coefficient (Wildman–Crippen LogP) is -1.00. The lowest BCUT2D eigenvalue weighted by Gasteiger charge is -2.46. The Hall–Kier alpha value is -1.54. The van der Waals surface area contributed by atoms with Crippen molar-refractivity contribution in [2.75, 3.05) is 39.8 Å². The minimum Gasteiger partial charge on any atom is -0.372 e. The van der Waals surface area contributed by atoms with E-state index in [0.29, 0.717) is 0 Å². The number of carbonyl (C=O) groups excluding carboxylic acids is 1. The Morgan fingerprint density at radius 2 is 2.15 bits per heavy atom. The highest BCUT2D eigenvalue weighted by molar-refractivity contribution is 5.75. The van der Waals surface area contributed by atoms with Crippen LogP contribution in [-0.4, -0.2) is 81.3 Å². The van der Waals surface area contributed by atoms with Crippen LogP contribution in [-0.2, 0) is 16.1 Å². The Bertz CT molecular complexity index is 455. The molecule has 2 fully saturated rings. The van der Waals surface area contributed by atoms with Crippen LogP contribution >= 0.6 is 0 Å². The number of rotatable bonds is 2. The van der Waals surface area contributed by atoms with Gasteiger partial charge in [-0.3, -0.25) is 4.79 Å². The summed E-state index contributed by atoms with van der Waals surface area (Å²) in [5.41, 5.74) is -0.0602. The Labute approximate surface area is 117 Å². The number of ether oxygens (including phenoxy) is 1. The first-order chi connectivity index (χ1) is 9.67. The third-order valence-electron chi connectivity index (χ3n) is 4.13. The van der Waals surface area contributed by atoms with Crippen molar-refractivity contribution in [2.45, 2.75) is 25.0 Å². The third-order valence-corrected chi connectivity index (χ3v) is 4.13. The smallest absolute Gasteiger partial charge is 0.246 e. The van der Waals surface area contributed by atoms with Crippen molar-refractivity contribution in [1.82, 2.24) is 30.0 Å². The van der Waals surface area contributed by atoms with Gasteiger partial charge in [-0.1, -0.05) is 0 Å². The fraction of sp³-hybridized carbons (Fsp3) is 0.833. The highest BCUT2D eigenvalue weighted by atomic mass is 16.5. The van der Waals surface area contributed by atoms with Crippen LogP contribution < -0.4 is 0 Å². The van der Waals surface area contributed by atoms with Gasteiger partial charge in [0.1, 0.15) is 6.54 Å². The van der Waals surface area contributed by atoms with Gasteiger partial charge in [-0.05, 0) is 25.1 Å². The molecule has 2 aliphatic rings. The molecule has 2 saturated heterocycles. The Balaban J connectivity index is 1.54. The van der Waals surface area contributed by atoms with Crippen molar-refractivity contribution < 1.29 is 9.53 Å². The van der Waals surface area contributed by atoms with E-state index in [0.717, 1.165) is 45.6 Å². The maximum atomic E-state index is 12.1. The molecule has 1 aromatic heterocycles. The van der Waals surface area contributed by atoms with Gasteiger partial charge in [-0.15, -0.1) is 10.2 Å². The van der Waals surface area contributed by atoms with E-state index >= 15 is 0 Å². The molecule has 1 amide bonds. The van der Waals surface area contributed by atoms with Crippen molar-refractivity contribution in [1.29, 1.82) is 0 Å². The van der Waals surface area contributed by atoms with E-state index in [1.165, 1.54) is 11.1 Å². The Kier molecular flexibility index (Phi) is 3.66. The lowest BCUT2D eigenvalue weighted by atomic mass is 9.89. The molecule has 3 rings (SSSR count). The zero-order chi connectivity index (χ0) is 14.0. The molecule has 0 aliphatic carbocycles. The van der Waals surface area contributed by atoms with Crippen molar-refractivity contribution in [3.05, 3.63) is 6.33 Å². The molecular formula is C12H20N6O2. The average Bonchev–Trinajstić information content (AvgIpc) is 2.92. The average molecular weight is 280 g/mol. The zero-order valence-electron chi connectivity index (χ0n) is 11.7. The van der Waals surface area contributed by atoms with Gasteiger partial charge in [-0.2, -0.15) is 4.80 Å². The van der Waals surface area contributed by atoms with Crippen LogP contribution in [0.3, 0.4) is 0 Å². The summed E-state index contributed by atoms with van der Waals surface area (Å²) in [6.07, 6.45) is 3.13. The fourth-order valence-corrected chi connectivity index (χ4v) is 2.98. The summed E-state index contributed by atoms with van der Waals surface area (Å²) in [5, 5.41) is 11.2. The molecule has 0 unspecified atom stereocenters. The highest BCUT2D eigenvalue weighted by Gasteiger charge is 2.39. The molecule has 3 heterocycles. The van der Waals surface area contributed by atoms with Crippen molar-refractivity contribution in [3.63, 3.8) is 0 Å². The van der Waals surface area contributed by atoms with Gasteiger partial charge >= 0.3 is 0 Å².